The van der Waals surface area contributed by atoms with Gasteiger partial charge in [-0.15, -0.1) is 11.3 Å². The number of likely N-dealkylation sites (N-methyl/N-ethyl adjacent to an activating group) is 1. The number of nitrogens with one attached hydrogen (secondary N) is 1. The first-order valence-corrected chi connectivity index (χ1v) is 9.36. The molecule has 25 heavy (non-hydrogen) atoms. The van der Waals surface area contributed by atoms with Gasteiger partial charge in [-0.3, -0.25) is 9.59 Å². The first-order valence-electron chi connectivity index (χ1n) is 7.37. The Morgan fingerprint density at radius 1 is 1.32 bits per heavy atom. The molecular weight excluding hydrogens is 431 g/mol. The number of halogens is 3. The summed E-state index contributed by atoms with van der Waals surface area (Å²) in [6, 6.07) is 7.52. The fraction of sp³-hybridized carbons (Fsp3) is 0.294. The molecule has 0 saturated heterocycles. The zero-order chi connectivity index (χ0) is 18.8. The van der Waals surface area contributed by atoms with Crippen molar-refractivity contribution in [1.82, 2.24) is 10.2 Å². The smallest absolute Gasteiger partial charge is 0.264 e. The van der Waals surface area contributed by atoms with Gasteiger partial charge in [-0.1, -0.05) is 17.7 Å². The van der Waals surface area contributed by atoms with E-state index in [0.717, 1.165) is 3.79 Å². The van der Waals surface area contributed by atoms with Crippen LogP contribution in [-0.4, -0.2) is 30.3 Å². The monoisotopic (exact) mass is 446 g/mol. The summed E-state index contributed by atoms with van der Waals surface area (Å²) in [5.41, 5.74) is -0.211. The van der Waals surface area contributed by atoms with Gasteiger partial charge in [-0.05, 0) is 59.6 Å². The third-order valence-corrected chi connectivity index (χ3v) is 5.49. The quantitative estimate of drug-likeness (QED) is 0.737. The largest absolute Gasteiger partial charge is 0.346 e. The van der Waals surface area contributed by atoms with Crippen LogP contribution in [-0.2, 0) is 10.3 Å². The number of benzene rings is 1. The van der Waals surface area contributed by atoms with Crippen molar-refractivity contribution in [2.45, 2.75) is 19.4 Å². The lowest BCUT2D eigenvalue weighted by Gasteiger charge is -2.29. The standard InChI is InChI=1S/C17H17BrClFN2O2S/c1-17(2,11-5-4-10(20)8-12(11)19)21-15(23)9-22(3)16(24)13-6-7-14(18)25-13/h4-8H,9H2,1-3H3,(H,21,23). The average molecular weight is 448 g/mol. The molecule has 2 rings (SSSR count). The van der Waals surface area contributed by atoms with E-state index in [4.69, 9.17) is 11.6 Å². The Balaban J connectivity index is 2.04. The maximum atomic E-state index is 13.2. The highest BCUT2D eigenvalue weighted by molar-refractivity contribution is 9.11. The Morgan fingerprint density at radius 3 is 2.56 bits per heavy atom. The van der Waals surface area contributed by atoms with Gasteiger partial charge in [0, 0.05) is 12.1 Å². The van der Waals surface area contributed by atoms with Crippen molar-refractivity contribution < 1.29 is 14.0 Å². The van der Waals surface area contributed by atoms with Gasteiger partial charge in [-0.25, -0.2) is 4.39 Å². The van der Waals surface area contributed by atoms with Crippen LogP contribution in [0, 0.1) is 5.82 Å². The van der Waals surface area contributed by atoms with Crippen LogP contribution in [0.25, 0.3) is 0 Å². The van der Waals surface area contributed by atoms with Crippen LogP contribution in [0.15, 0.2) is 34.1 Å². The van der Waals surface area contributed by atoms with E-state index in [0.29, 0.717) is 10.4 Å². The van der Waals surface area contributed by atoms with Crippen LogP contribution in [0.1, 0.15) is 29.1 Å². The number of rotatable bonds is 5. The van der Waals surface area contributed by atoms with Gasteiger partial charge in [0.05, 0.1) is 20.7 Å². The SMILES string of the molecule is CN(CC(=O)NC(C)(C)c1ccc(F)cc1Cl)C(=O)c1ccc(Br)s1. The molecule has 0 aliphatic heterocycles. The topological polar surface area (TPSA) is 49.4 Å². The molecule has 0 aliphatic rings. The molecule has 0 saturated carbocycles. The van der Waals surface area contributed by atoms with Crippen LogP contribution in [0.3, 0.4) is 0 Å². The van der Waals surface area contributed by atoms with Crippen molar-refractivity contribution in [3.63, 3.8) is 0 Å². The number of amides is 2. The number of carbonyl (C=O) groups is 2. The fourth-order valence-electron chi connectivity index (χ4n) is 2.36. The lowest BCUT2D eigenvalue weighted by atomic mass is 9.94. The van der Waals surface area contributed by atoms with E-state index in [9.17, 15) is 14.0 Å². The van der Waals surface area contributed by atoms with Gasteiger partial charge >= 0.3 is 0 Å². The second kappa shape index (κ2) is 7.85. The fourth-order valence-corrected chi connectivity index (χ4v) is 4.14. The predicted molar refractivity (Wildman–Crippen MR) is 102 cm³/mol. The van der Waals surface area contributed by atoms with Crippen molar-refractivity contribution in [3.05, 3.63) is 55.4 Å². The molecule has 2 aromatic rings. The number of nitrogens with zero attached hydrogens (tertiary/aromatic N) is 1. The van der Waals surface area contributed by atoms with Gasteiger partial charge in [-0.2, -0.15) is 0 Å². The summed E-state index contributed by atoms with van der Waals surface area (Å²) in [4.78, 5) is 26.5. The van der Waals surface area contributed by atoms with E-state index in [-0.39, 0.29) is 23.4 Å². The maximum Gasteiger partial charge on any atom is 0.264 e. The molecule has 2 amide bonds. The van der Waals surface area contributed by atoms with E-state index in [1.807, 2.05) is 0 Å². The van der Waals surface area contributed by atoms with Crippen LogP contribution >= 0.6 is 38.9 Å². The van der Waals surface area contributed by atoms with E-state index >= 15 is 0 Å². The predicted octanol–water partition coefficient (Wildman–Crippen LogP) is 4.43. The van der Waals surface area contributed by atoms with Gasteiger partial charge in [0.1, 0.15) is 5.82 Å². The Hall–Kier alpha value is -1.44. The summed E-state index contributed by atoms with van der Waals surface area (Å²) in [5, 5.41) is 3.06. The summed E-state index contributed by atoms with van der Waals surface area (Å²) in [7, 11) is 1.56. The maximum absolute atomic E-state index is 13.2. The van der Waals surface area contributed by atoms with Crippen LogP contribution in [0.5, 0.6) is 0 Å². The number of hydrogen-bond acceptors (Lipinski definition) is 3. The van der Waals surface area contributed by atoms with Crippen LogP contribution in [0.4, 0.5) is 4.39 Å². The molecule has 1 N–H and O–H groups in total. The normalized spacial score (nSPS) is 11.3. The van der Waals surface area contributed by atoms with Crippen molar-refractivity contribution in [1.29, 1.82) is 0 Å². The molecule has 0 spiro atoms. The lowest BCUT2D eigenvalue weighted by molar-refractivity contribution is -0.123. The summed E-state index contributed by atoms with van der Waals surface area (Å²) >= 11 is 10.7. The minimum Gasteiger partial charge on any atom is -0.346 e. The highest BCUT2D eigenvalue weighted by Crippen LogP contribution is 2.28. The molecule has 0 unspecified atom stereocenters. The Morgan fingerprint density at radius 2 is 2.00 bits per heavy atom. The van der Waals surface area contributed by atoms with Gasteiger partial charge < -0.3 is 10.2 Å². The number of thiophene rings is 1. The Labute approximate surface area is 163 Å². The highest BCUT2D eigenvalue weighted by Gasteiger charge is 2.27. The Kier molecular flexibility index (Phi) is 6.24. The molecule has 8 heteroatoms. The second-order valence-electron chi connectivity index (χ2n) is 6.06. The Bertz CT molecular complexity index is 810. The zero-order valence-electron chi connectivity index (χ0n) is 13.9. The molecular formula is C17H17BrClFN2O2S. The summed E-state index contributed by atoms with van der Waals surface area (Å²) in [6.07, 6.45) is 0. The molecule has 0 aliphatic carbocycles. The van der Waals surface area contributed by atoms with Crippen LogP contribution in [0.2, 0.25) is 5.02 Å². The van der Waals surface area contributed by atoms with Gasteiger partial charge in [0.15, 0.2) is 0 Å². The van der Waals surface area contributed by atoms with Gasteiger partial charge in [0.25, 0.3) is 5.91 Å². The van der Waals surface area contributed by atoms with E-state index in [1.54, 1.807) is 33.0 Å². The lowest BCUT2D eigenvalue weighted by Crippen LogP contribution is -2.46. The second-order valence-corrected chi connectivity index (χ2v) is 8.93. The summed E-state index contributed by atoms with van der Waals surface area (Å²) < 4.78 is 14.1. The van der Waals surface area contributed by atoms with Crippen molar-refractivity contribution in [2.75, 3.05) is 13.6 Å². The summed E-state index contributed by atoms with van der Waals surface area (Å²) in [6.45, 7) is 3.43. The number of carbonyl (C=O) groups excluding carboxylic acids is 2. The third kappa shape index (κ3) is 5.03. The molecule has 0 atom stereocenters. The summed E-state index contributed by atoms with van der Waals surface area (Å²) in [5.74, 6) is -1.01. The first kappa shape index (κ1) is 19.9. The van der Waals surface area contributed by atoms with E-state index in [1.165, 1.54) is 34.4 Å². The highest BCUT2D eigenvalue weighted by atomic mass is 79.9. The average Bonchev–Trinajstić information content (AvgIpc) is 2.91. The van der Waals surface area contributed by atoms with Crippen LogP contribution < -0.4 is 5.32 Å². The minimum absolute atomic E-state index is 0.101. The first-order chi connectivity index (χ1) is 11.6. The zero-order valence-corrected chi connectivity index (χ0v) is 17.1. The number of hydrogen-bond donors (Lipinski definition) is 1. The minimum atomic E-state index is -0.808. The van der Waals surface area contributed by atoms with Crippen molar-refractivity contribution in [3.8, 4) is 0 Å². The van der Waals surface area contributed by atoms with E-state index < -0.39 is 11.4 Å². The molecule has 1 heterocycles. The molecule has 134 valence electrons. The van der Waals surface area contributed by atoms with E-state index in [2.05, 4.69) is 21.2 Å². The molecule has 4 nitrogen and oxygen atoms in total. The third-order valence-electron chi connectivity index (χ3n) is 3.57. The van der Waals surface area contributed by atoms with Crippen molar-refractivity contribution in [2.24, 2.45) is 0 Å². The molecule has 0 bridgehead atoms. The molecule has 1 aromatic carbocycles. The van der Waals surface area contributed by atoms with Gasteiger partial charge in [0.2, 0.25) is 5.91 Å². The molecule has 0 fully saturated rings. The molecule has 0 radical (unpaired) electrons. The molecule has 1 aromatic heterocycles. The van der Waals surface area contributed by atoms with Crippen molar-refractivity contribution >= 4 is 50.7 Å².